The van der Waals surface area contributed by atoms with Crippen LogP contribution in [-0.2, 0) is 20.6 Å². The molecule has 0 aliphatic rings. The quantitative estimate of drug-likeness (QED) is 0.706. The minimum atomic E-state index is -3.81. The van der Waals surface area contributed by atoms with E-state index < -0.39 is 22.0 Å². The third-order valence-electron chi connectivity index (χ3n) is 3.55. The number of rotatable bonds is 6. The maximum atomic E-state index is 12.4. The van der Waals surface area contributed by atoms with Gasteiger partial charge in [0.05, 0.1) is 5.75 Å². The fraction of sp³-hybridized carbons (Fsp3) is 0.118. The Morgan fingerprint density at radius 2 is 1.88 bits per heavy atom. The molecule has 0 radical (unpaired) electrons. The number of fused-ring (bicyclic) bond motifs is 1. The van der Waals surface area contributed by atoms with E-state index in [1.165, 1.54) is 0 Å². The Kier molecular flexibility index (Phi) is 4.66. The second kappa shape index (κ2) is 6.72. The summed E-state index contributed by atoms with van der Waals surface area (Å²) in [7, 11) is -3.81. The fourth-order valence-corrected chi connectivity index (χ4v) is 4.52. The first-order chi connectivity index (χ1) is 11.4. The van der Waals surface area contributed by atoms with Gasteiger partial charge >= 0.3 is 5.97 Å². The molecule has 1 aromatic heterocycles. The van der Waals surface area contributed by atoms with Gasteiger partial charge in [0.2, 0.25) is 10.0 Å². The first kappa shape index (κ1) is 16.6. The van der Waals surface area contributed by atoms with E-state index in [4.69, 9.17) is 0 Å². The predicted molar refractivity (Wildman–Crippen MR) is 94.4 cm³/mol. The van der Waals surface area contributed by atoms with E-state index in [9.17, 15) is 18.3 Å². The number of carbonyl (C=O) groups is 1. The molecule has 3 rings (SSSR count). The molecular weight excluding hydrogens is 346 g/mol. The second-order valence-corrected chi connectivity index (χ2v) is 8.05. The van der Waals surface area contributed by atoms with Crippen molar-refractivity contribution in [2.24, 2.45) is 0 Å². The molecule has 5 nitrogen and oxygen atoms in total. The Bertz CT molecular complexity index is 964. The monoisotopic (exact) mass is 361 g/mol. The summed E-state index contributed by atoms with van der Waals surface area (Å²) in [4.78, 5) is 11.4. The van der Waals surface area contributed by atoms with Crippen molar-refractivity contribution >= 4 is 37.4 Å². The molecule has 24 heavy (non-hydrogen) atoms. The Balaban J connectivity index is 1.82. The van der Waals surface area contributed by atoms with E-state index in [-0.39, 0.29) is 5.75 Å². The first-order valence-corrected chi connectivity index (χ1v) is 9.72. The Morgan fingerprint density at radius 1 is 1.12 bits per heavy atom. The van der Waals surface area contributed by atoms with E-state index in [1.54, 1.807) is 47.7 Å². The predicted octanol–water partition coefficient (Wildman–Crippen LogP) is 3.15. The molecule has 0 aliphatic heterocycles. The minimum Gasteiger partial charge on any atom is -0.480 e. The molecule has 0 amide bonds. The number of carboxylic acid groups (broad SMARTS) is 1. The molecule has 0 fully saturated rings. The molecule has 0 aliphatic carbocycles. The SMILES string of the molecule is O=C(O)C(NS(=O)(=O)Cc1ccc2sccc2c1)c1ccccc1. The van der Waals surface area contributed by atoms with Crippen molar-refractivity contribution in [1.29, 1.82) is 0 Å². The van der Waals surface area contributed by atoms with Gasteiger partial charge in [-0.15, -0.1) is 11.3 Å². The van der Waals surface area contributed by atoms with Gasteiger partial charge in [0.15, 0.2) is 0 Å². The maximum absolute atomic E-state index is 12.4. The van der Waals surface area contributed by atoms with Crippen LogP contribution in [0, 0.1) is 0 Å². The van der Waals surface area contributed by atoms with Crippen molar-refractivity contribution in [3.05, 3.63) is 71.1 Å². The van der Waals surface area contributed by atoms with Crippen LogP contribution in [0.15, 0.2) is 60.0 Å². The van der Waals surface area contributed by atoms with Crippen molar-refractivity contribution in [3.8, 4) is 0 Å². The Hall–Kier alpha value is -2.22. The lowest BCUT2D eigenvalue weighted by molar-refractivity contribution is -0.139. The molecule has 124 valence electrons. The van der Waals surface area contributed by atoms with Gasteiger partial charge in [-0.2, -0.15) is 4.72 Å². The lowest BCUT2D eigenvalue weighted by Gasteiger charge is -2.15. The van der Waals surface area contributed by atoms with Crippen LogP contribution >= 0.6 is 11.3 Å². The summed E-state index contributed by atoms with van der Waals surface area (Å²) in [6.07, 6.45) is 0. The smallest absolute Gasteiger partial charge is 0.326 e. The highest BCUT2D eigenvalue weighted by Crippen LogP contribution is 2.23. The number of nitrogens with one attached hydrogen (secondary N) is 1. The van der Waals surface area contributed by atoms with Gasteiger partial charge in [0, 0.05) is 4.70 Å². The normalized spacial score (nSPS) is 13.0. The third kappa shape index (κ3) is 3.81. The summed E-state index contributed by atoms with van der Waals surface area (Å²) in [5.41, 5.74) is 1.01. The first-order valence-electron chi connectivity index (χ1n) is 7.18. The van der Waals surface area contributed by atoms with Crippen LogP contribution in [0.4, 0.5) is 0 Å². The minimum absolute atomic E-state index is 0.268. The summed E-state index contributed by atoms with van der Waals surface area (Å²) >= 11 is 1.58. The number of carboxylic acids is 1. The van der Waals surface area contributed by atoms with Crippen LogP contribution in [0.25, 0.3) is 10.1 Å². The molecule has 1 unspecified atom stereocenters. The highest BCUT2D eigenvalue weighted by molar-refractivity contribution is 7.88. The van der Waals surface area contributed by atoms with Crippen LogP contribution in [0.3, 0.4) is 0 Å². The maximum Gasteiger partial charge on any atom is 0.326 e. The lowest BCUT2D eigenvalue weighted by Crippen LogP contribution is -2.34. The van der Waals surface area contributed by atoms with E-state index in [0.29, 0.717) is 11.1 Å². The standard InChI is InChI=1S/C17H15NO4S2/c19-17(20)16(13-4-2-1-3-5-13)18-24(21,22)11-12-6-7-15-14(10-12)8-9-23-15/h1-10,16,18H,11H2,(H,19,20). The number of thiophene rings is 1. The summed E-state index contributed by atoms with van der Waals surface area (Å²) < 4.78 is 28.1. The van der Waals surface area contributed by atoms with Crippen molar-refractivity contribution in [2.45, 2.75) is 11.8 Å². The van der Waals surface area contributed by atoms with E-state index in [1.807, 2.05) is 23.6 Å². The summed E-state index contributed by atoms with van der Waals surface area (Å²) in [6.45, 7) is 0. The van der Waals surface area contributed by atoms with Gasteiger partial charge in [0.25, 0.3) is 0 Å². The molecule has 1 heterocycles. The van der Waals surface area contributed by atoms with Crippen LogP contribution in [0.1, 0.15) is 17.2 Å². The van der Waals surface area contributed by atoms with Gasteiger partial charge < -0.3 is 5.11 Å². The average Bonchev–Trinajstić information content (AvgIpc) is 3.00. The molecule has 2 aromatic carbocycles. The van der Waals surface area contributed by atoms with Crippen molar-refractivity contribution in [3.63, 3.8) is 0 Å². The molecule has 3 aromatic rings. The largest absolute Gasteiger partial charge is 0.480 e. The van der Waals surface area contributed by atoms with Gasteiger partial charge in [0.1, 0.15) is 6.04 Å². The van der Waals surface area contributed by atoms with Crippen LogP contribution in [-0.4, -0.2) is 19.5 Å². The lowest BCUT2D eigenvalue weighted by atomic mass is 10.1. The zero-order valence-corrected chi connectivity index (χ0v) is 14.2. The van der Waals surface area contributed by atoms with Crippen LogP contribution in [0.5, 0.6) is 0 Å². The molecule has 0 saturated carbocycles. The molecule has 1 atom stereocenters. The van der Waals surface area contributed by atoms with Gasteiger partial charge in [-0.25, -0.2) is 8.42 Å². The van der Waals surface area contributed by atoms with Crippen molar-refractivity contribution in [2.75, 3.05) is 0 Å². The summed E-state index contributed by atoms with van der Waals surface area (Å²) in [5, 5.41) is 12.3. The number of hydrogen-bond acceptors (Lipinski definition) is 4. The number of aliphatic carboxylic acids is 1. The second-order valence-electron chi connectivity index (χ2n) is 5.35. The zero-order chi connectivity index (χ0) is 17.2. The highest BCUT2D eigenvalue weighted by atomic mass is 32.2. The molecule has 7 heteroatoms. The zero-order valence-electron chi connectivity index (χ0n) is 12.5. The van der Waals surface area contributed by atoms with Gasteiger partial charge in [-0.1, -0.05) is 36.4 Å². The molecule has 0 saturated heterocycles. The van der Waals surface area contributed by atoms with Gasteiger partial charge in [-0.3, -0.25) is 4.79 Å². The van der Waals surface area contributed by atoms with Crippen LogP contribution in [0.2, 0.25) is 0 Å². The average molecular weight is 361 g/mol. The van der Waals surface area contributed by atoms with Crippen molar-refractivity contribution < 1.29 is 18.3 Å². The number of benzene rings is 2. The van der Waals surface area contributed by atoms with Crippen molar-refractivity contribution in [1.82, 2.24) is 4.72 Å². The third-order valence-corrected chi connectivity index (χ3v) is 5.76. The number of sulfonamides is 1. The highest BCUT2D eigenvalue weighted by Gasteiger charge is 2.25. The molecule has 0 spiro atoms. The van der Waals surface area contributed by atoms with Gasteiger partial charge in [-0.05, 0) is 40.1 Å². The van der Waals surface area contributed by atoms with E-state index in [0.717, 1.165) is 10.1 Å². The van der Waals surface area contributed by atoms with E-state index in [2.05, 4.69) is 4.72 Å². The molecule has 2 N–H and O–H groups in total. The Labute approximate surface area is 143 Å². The van der Waals surface area contributed by atoms with Crippen LogP contribution < -0.4 is 4.72 Å². The number of hydrogen-bond donors (Lipinski definition) is 2. The molecular formula is C17H15NO4S2. The topological polar surface area (TPSA) is 83.5 Å². The van der Waals surface area contributed by atoms with E-state index >= 15 is 0 Å². The molecule has 0 bridgehead atoms. The summed E-state index contributed by atoms with van der Waals surface area (Å²) in [6, 6.07) is 14.3. The summed E-state index contributed by atoms with van der Waals surface area (Å²) in [5.74, 6) is -1.51. The Morgan fingerprint density at radius 3 is 2.58 bits per heavy atom. The fourth-order valence-electron chi connectivity index (χ4n) is 2.45.